The van der Waals surface area contributed by atoms with Crippen LogP contribution >= 0.6 is 0 Å². The number of aliphatic carboxylic acids is 1. The maximum Gasteiger partial charge on any atom is 0.314 e. The second-order valence-corrected chi connectivity index (χ2v) is 7.50. The van der Waals surface area contributed by atoms with Crippen LogP contribution in [0.25, 0.3) is 10.9 Å². The lowest BCUT2D eigenvalue weighted by Gasteiger charge is -2.41. The van der Waals surface area contributed by atoms with E-state index in [4.69, 9.17) is 0 Å². The average Bonchev–Trinajstić information content (AvgIpc) is 2.84. The molecule has 0 amide bonds. The maximum absolute atomic E-state index is 12.0. The molecule has 4 heteroatoms. The molecule has 1 saturated heterocycles. The summed E-state index contributed by atoms with van der Waals surface area (Å²) in [5, 5.41) is 11.2. The Hall–Kier alpha value is -1.97. The normalized spacial score (nSPS) is 22.2. The van der Waals surface area contributed by atoms with Gasteiger partial charge in [-0.25, -0.2) is 0 Å². The number of piperidine rings is 1. The van der Waals surface area contributed by atoms with Crippen molar-refractivity contribution in [2.75, 3.05) is 18.0 Å². The van der Waals surface area contributed by atoms with E-state index < -0.39 is 11.4 Å². The summed E-state index contributed by atoms with van der Waals surface area (Å²) in [6.07, 6.45) is 5.03. The van der Waals surface area contributed by atoms with Gasteiger partial charge in [0.1, 0.15) is 5.82 Å². The quantitative estimate of drug-likeness (QED) is 0.925. The zero-order valence-electron chi connectivity index (χ0n) is 13.5. The summed E-state index contributed by atoms with van der Waals surface area (Å²) >= 11 is 0. The summed E-state index contributed by atoms with van der Waals surface area (Å²) in [6, 6.07) is 6.32. The van der Waals surface area contributed by atoms with Gasteiger partial charge in [0.05, 0.1) is 10.9 Å². The van der Waals surface area contributed by atoms with Crippen LogP contribution in [0, 0.1) is 0 Å². The van der Waals surface area contributed by atoms with Crippen molar-refractivity contribution in [1.82, 2.24) is 4.57 Å². The number of rotatable bonds is 2. The third-order valence-electron chi connectivity index (χ3n) is 6.56. The van der Waals surface area contributed by atoms with Gasteiger partial charge in [-0.15, -0.1) is 0 Å². The minimum Gasteiger partial charge on any atom is -0.481 e. The Balaban J connectivity index is 1.84. The Morgan fingerprint density at radius 2 is 2.00 bits per heavy atom. The van der Waals surface area contributed by atoms with Crippen LogP contribution in [-0.4, -0.2) is 28.7 Å². The molecular weight excluding hydrogens is 288 g/mol. The van der Waals surface area contributed by atoms with Crippen molar-refractivity contribution >= 4 is 22.7 Å². The molecule has 1 N–H and O–H groups in total. The van der Waals surface area contributed by atoms with Gasteiger partial charge in [-0.1, -0.05) is 24.6 Å². The molecule has 1 aliphatic carbocycles. The first-order valence-corrected chi connectivity index (χ1v) is 8.73. The summed E-state index contributed by atoms with van der Waals surface area (Å²) < 4.78 is 2.29. The molecule has 2 bridgehead atoms. The Morgan fingerprint density at radius 3 is 2.61 bits per heavy atom. The summed E-state index contributed by atoms with van der Waals surface area (Å²) in [7, 11) is 2.12. The van der Waals surface area contributed by atoms with Crippen LogP contribution in [0.5, 0.6) is 0 Å². The lowest BCUT2D eigenvalue weighted by atomic mass is 9.64. The van der Waals surface area contributed by atoms with Crippen LogP contribution in [0.15, 0.2) is 18.2 Å². The molecule has 3 aliphatic heterocycles. The lowest BCUT2D eigenvalue weighted by molar-refractivity contribution is -0.147. The van der Waals surface area contributed by atoms with Crippen LogP contribution in [0.1, 0.15) is 49.1 Å². The Bertz CT molecular complexity index is 823. The molecule has 4 heterocycles. The van der Waals surface area contributed by atoms with E-state index in [2.05, 4.69) is 34.7 Å². The van der Waals surface area contributed by atoms with E-state index in [-0.39, 0.29) is 0 Å². The van der Waals surface area contributed by atoms with E-state index in [9.17, 15) is 9.90 Å². The van der Waals surface area contributed by atoms with Crippen molar-refractivity contribution < 1.29 is 9.90 Å². The molecule has 6 rings (SSSR count). The highest BCUT2D eigenvalue weighted by Gasteiger charge is 2.48. The minimum atomic E-state index is -0.664. The van der Waals surface area contributed by atoms with E-state index in [1.807, 2.05) is 0 Å². The van der Waals surface area contributed by atoms with E-state index in [0.717, 1.165) is 37.9 Å². The molecule has 0 atom stereocenters. The fraction of sp³-hybridized carbons (Fsp3) is 0.526. The Morgan fingerprint density at radius 1 is 1.26 bits per heavy atom. The number of benzene rings is 1. The fourth-order valence-electron chi connectivity index (χ4n) is 5.21. The average molecular weight is 310 g/mol. The van der Waals surface area contributed by atoms with E-state index in [1.165, 1.54) is 35.1 Å². The highest BCUT2D eigenvalue weighted by molar-refractivity contribution is 5.98. The first kappa shape index (κ1) is 13.5. The molecule has 0 spiro atoms. The molecule has 1 aromatic heterocycles. The number of hydrogen-bond donors (Lipinski definition) is 1. The van der Waals surface area contributed by atoms with E-state index in [0.29, 0.717) is 5.92 Å². The van der Waals surface area contributed by atoms with Crippen molar-refractivity contribution in [3.05, 3.63) is 29.3 Å². The van der Waals surface area contributed by atoms with Gasteiger partial charge in [-0.2, -0.15) is 0 Å². The van der Waals surface area contributed by atoms with Gasteiger partial charge in [-0.3, -0.25) is 4.79 Å². The van der Waals surface area contributed by atoms with Crippen LogP contribution < -0.4 is 4.90 Å². The topological polar surface area (TPSA) is 45.5 Å². The van der Waals surface area contributed by atoms with Gasteiger partial charge in [0, 0.05) is 31.1 Å². The number of carboxylic acids is 1. The highest BCUT2D eigenvalue weighted by Crippen LogP contribution is 2.52. The third kappa shape index (κ3) is 1.49. The second-order valence-electron chi connectivity index (χ2n) is 7.50. The van der Waals surface area contributed by atoms with Gasteiger partial charge in [0.2, 0.25) is 0 Å². The van der Waals surface area contributed by atoms with Crippen LogP contribution in [0.3, 0.4) is 0 Å². The number of hydrogen-bond acceptors (Lipinski definition) is 2. The third-order valence-corrected chi connectivity index (χ3v) is 6.56. The van der Waals surface area contributed by atoms with Crippen molar-refractivity contribution in [2.24, 2.45) is 7.05 Å². The zero-order chi connectivity index (χ0) is 15.8. The summed E-state index contributed by atoms with van der Waals surface area (Å²) in [4.78, 5) is 14.5. The number of carbonyl (C=O) groups is 1. The zero-order valence-corrected chi connectivity index (χ0v) is 13.5. The number of aromatic nitrogens is 1. The van der Waals surface area contributed by atoms with Crippen molar-refractivity contribution in [2.45, 2.75) is 43.4 Å². The number of aryl methyl sites for hydroxylation is 1. The summed E-state index contributed by atoms with van der Waals surface area (Å²) in [5.41, 5.74) is 3.01. The number of para-hydroxylation sites is 1. The SMILES string of the molecule is Cn1c2c(c3cccc(C4(C(=O)O)CCC4)c31)C1CCN2CC1. The first-order valence-electron chi connectivity index (χ1n) is 8.73. The highest BCUT2D eigenvalue weighted by atomic mass is 16.4. The monoisotopic (exact) mass is 310 g/mol. The van der Waals surface area contributed by atoms with Gasteiger partial charge in [0.15, 0.2) is 0 Å². The molecule has 0 radical (unpaired) electrons. The number of carboxylic acid groups (broad SMARTS) is 1. The van der Waals surface area contributed by atoms with Crippen molar-refractivity contribution in [1.29, 1.82) is 0 Å². The van der Waals surface area contributed by atoms with Gasteiger partial charge in [0.25, 0.3) is 0 Å². The maximum atomic E-state index is 12.0. The van der Waals surface area contributed by atoms with Crippen LogP contribution in [-0.2, 0) is 17.3 Å². The Kier molecular flexibility index (Phi) is 2.52. The molecule has 0 unspecified atom stereocenters. The first-order chi connectivity index (χ1) is 11.1. The fourth-order valence-corrected chi connectivity index (χ4v) is 5.21. The van der Waals surface area contributed by atoms with Crippen LogP contribution in [0.2, 0.25) is 0 Å². The molecule has 4 aliphatic rings. The Labute approximate surface area is 135 Å². The molecule has 4 nitrogen and oxygen atoms in total. The second kappa shape index (κ2) is 4.31. The van der Waals surface area contributed by atoms with Crippen LogP contribution in [0.4, 0.5) is 5.82 Å². The van der Waals surface area contributed by atoms with Gasteiger partial charge >= 0.3 is 5.97 Å². The summed E-state index contributed by atoms with van der Waals surface area (Å²) in [5.74, 6) is 1.34. The molecule has 1 aromatic carbocycles. The lowest BCUT2D eigenvalue weighted by Crippen LogP contribution is -2.42. The van der Waals surface area contributed by atoms with Crippen molar-refractivity contribution in [3.63, 3.8) is 0 Å². The van der Waals surface area contributed by atoms with E-state index >= 15 is 0 Å². The predicted octanol–water partition coefficient (Wildman–Crippen LogP) is 3.38. The number of anilines is 1. The van der Waals surface area contributed by atoms with Gasteiger partial charge < -0.3 is 14.6 Å². The minimum absolute atomic E-state index is 0.649. The molecule has 120 valence electrons. The van der Waals surface area contributed by atoms with E-state index in [1.54, 1.807) is 0 Å². The smallest absolute Gasteiger partial charge is 0.314 e. The molecule has 23 heavy (non-hydrogen) atoms. The summed E-state index contributed by atoms with van der Waals surface area (Å²) in [6.45, 7) is 2.28. The number of nitrogens with zero attached hydrogens (tertiary/aromatic N) is 2. The standard InChI is InChI=1S/C19H22N2O2/c1-20-16-13(15-12-6-10-21(11-7-12)17(15)20)4-2-5-14(16)19(18(22)23)8-3-9-19/h2,4-5,12H,3,6-11H2,1H3,(H,22,23). The van der Waals surface area contributed by atoms with Crippen molar-refractivity contribution in [3.8, 4) is 0 Å². The molecular formula is C19H22N2O2. The predicted molar refractivity (Wildman–Crippen MR) is 90.3 cm³/mol. The van der Waals surface area contributed by atoms with Gasteiger partial charge in [-0.05, 0) is 37.2 Å². The molecule has 1 saturated carbocycles. The molecule has 2 fully saturated rings. The largest absolute Gasteiger partial charge is 0.481 e. The molecule has 2 aromatic rings. The number of fused-ring (bicyclic) bond motifs is 3.